The Morgan fingerprint density at radius 3 is 2.71 bits per heavy atom. The molecule has 0 radical (unpaired) electrons. The first-order chi connectivity index (χ1) is 17.1. The highest BCUT2D eigenvalue weighted by atomic mass is 16.6. The standard InChI is InChI=1S/C28H36N2O5/c31-20-4-3-18-15-22-28(32)10-9-26(8-5-21(26)29-35-19-6-13-33-14-7-19)25-27(28,23(18)24(20)34-25)11-12-30(22)16-17-1-2-17/h3-4,17,19,22,25,31-32H,1-2,5-16H2. The van der Waals surface area contributed by atoms with E-state index in [2.05, 4.69) is 11.0 Å². The summed E-state index contributed by atoms with van der Waals surface area (Å²) < 4.78 is 12.3. The van der Waals surface area contributed by atoms with Crippen molar-refractivity contribution in [1.82, 2.24) is 4.90 Å². The van der Waals surface area contributed by atoms with Crippen molar-refractivity contribution in [1.29, 1.82) is 0 Å². The number of phenolic OH excluding ortho intramolecular Hbond substituents is 1. The molecule has 2 bridgehead atoms. The number of hydrogen-bond donors (Lipinski definition) is 2. The average molecular weight is 481 g/mol. The van der Waals surface area contributed by atoms with Crippen LogP contribution >= 0.6 is 0 Å². The number of aliphatic hydroxyl groups is 1. The maximum absolute atomic E-state index is 12.7. The molecular formula is C28H36N2O5. The zero-order valence-electron chi connectivity index (χ0n) is 20.4. The summed E-state index contributed by atoms with van der Waals surface area (Å²) in [6.07, 6.45) is 9.59. The molecule has 5 unspecified atom stereocenters. The molecule has 35 heavy (non-hydrogen) atoms. The van der Waals surface area contributed by atoms with Crippen LogP contribution in [0.15, 0.2) is 17.3 Å². The Labute approximate surface area is 206 Å². The van der Waals surface area contributed by atoms with Gasteiger partial charge < -0.3 is 24.5 Å². The minimum absolute atomic E-state index is 0.113. The molecule has 5 atom stereocenters. The fourth-order valence-corrected chi connectivity index (χ4v) is 8.77. The van der Waals surface area contributed by atoms with Crippen LogP contribution in [-0.4, -0.2) is 71.0 Å². The smallest absolute Gasteiger partial charge is 0.165 e. The van der Waals surface area contributed by atoms with Crippen molar-refractivity contribution < 1.29 is 24.5 Å². The summed E-state index contributed by atoms with van der Waals surface area (Å²) in [7, 11) is 0. The van der Waals surface area contributed by atoms with Gasteiger partial charge in [0.1, 0.15) is 12.2 Å². The molecule has 3 saturated carbocycles. The Morgan fingerprint density at radius 2 is 1.94 bits per heavy atom. The number of rotatable bonds is 4. The highest BCUT2D eigenvalue weighted by molar-refractivity contribution is 5.96. The number of oxime groups is 1. The van der Waals surface area contributed by atoms with Crippen LogP contribution in [0.25, 0.3) is 0 Å². The Bertz CT molecular complexity index is 1100. The molecule has 1 aromatic rings. The summed E-state index contributed by atoms with van der Waals surface area (Å²) in [5.41, 5.74) is 1.90. The quantitative estimate of drug-likeness (QED) is 0.644. The van der Waals surface area contributed by atoms with E-state index in [1.807, 2.05) is 0 Å². The first kappa shape index (κ1) is 21.3. The second-order valence-corrected chi connectivity index (χ2v) is 12.4. The van der Waals surface area contributed by atoms with E-state index in [9.17, 15) is 10.2 Å². The van der Waals surface area contributed by atoms with E-state index in [0.717, 1.165) is 94.9 Å². The number of likely N-dealkylation sites (tertiary alicyclic amines) is 1. The van der Waals surface area contributed by atoms with Crippen molar-refractivity contribution in [3.63, 3.8) is 0 Å². The van der Waals surface area contributed by atoms with Crippen molar-refractivity contribution in [3.05, 3.63) is 23.3 Å². The zero-order chi connectivity index (χ0) is 23.4. The molecule has 7 nitrogen and oxygen atoms in total. The van der Waals surface area contributed by atoms with Gasteiger partial charge in [0.15, 0.2) is 11.5 Å². The number of aromatic hydroxyl groups is 1. The van der Waals surface area contributed by atoms with E-state index in [1.54, 1.807) is 6.07 Å². The predicted octanol–water partition coefficient (Wildman–Crippen LogP) is 3.29. The SMILES string of the molecule is Oc1ccc2c3c1OC1C4(CCC4=NOC4CCOCC4)CCC4(O)C(C2)N(CC2CC2)CCC314. The van der Waals surface area contributed by atoms with Crippen LogP contribution in [0.2, 0.25) is 0 Å². The van der Waals surface area contributed by atoms with Crippen molar-refractivity contribution in [3.8, 4) is 11.5 Å². The number of benzene rings is 1. The van der Waals surface area contributed by atoms with Gasteiger partial charge in [0.25, 0.3) is 0 Å². The topological polar surface area (TPSA) is 83.8 Å². The highest BCUT2D eigenvalue weighted by Crippen LogP contribution is 2.71. The van der Waals surface area contributed by atoms with E-state index in [4.69, 9.17) is 19.5 Å². The van der Waals surface area contributed by atoms with Gasteiger partial charge in [-0.2, -0.15) is 0 Å². The Morgan fingerprint density at radius 1 is 1.09 bits per heavy atom. The van der Waals surface area contributed by atoms with Gasteiger partial charge in [-0.05, 0) is 75.5 Å². The van der Waals surface area contributed by atoms with Crippen LogP contribution in [-0.2, 0) is 21.4 Å². The van der Waals surface area contributed by atoms with Crippen molar-refractivity contribution >= 4 is 5.71 Å². The van der Waals surface area contributed by atoms with Gasteiger partial charge in [-0.1, -0.05) is 11.2 Å². The molecular weight excluding hydrogens is 444 g/mol. The summed E-state index contributed by atoms with van der Waals surface area (Å²) >= 11 is 0. The Hall–Kier alpha value is -1.83. The maximum Gasteiger partial charge on any atom is 0.165 e. The molecule has 2 N–H and O–H groups in total. The minimum atomic E-state index is -0.843. The molecule has 2 spiro atoms. The monoisotopic (exact) mass is 480 g/mol. The second kappa shape index (κ2) is 7.14. The van der Waals surface area contributed by atoms with Crippen LogP contribution in [0.3, 0.4) is 0 Å². The molecule has 7 heteroatoms. The fraction of sp³-hybridized carbons (Fsp3) is 0.750. The molecule has 2 saturated heterocycles. The number of piperidine rings is 1. The Balaban J connectivity index is 1.21. The van der Waals surface area contributed by atoms with Crippen LogP contribution in [0.1, 0.15) is 68.9 Å². The molecule has 8 rings (SSSR count). The van der Waals surface area contributed by atoms with Crippen LogP contribution in [0, 0.1) is 11.3 Å². The van der Waals surface area contributed by atoms with E-state index in [0.29, 0.717) is 5.75 Å². The molecule has 0 amide bonds. The molecule has 0 aromatic heterocycles. The lowest BCUT2D eigenvalue weighted by Crippen LogP contribution is -2.79. The van der Waals surface area contributed by atoms with Crippen molar-refractivity contribution in [2.75, 3.05) is 26.3 Å². The van der Waals surface area contributed by atoms with Crippen LogP contribution in [0.4, 0.5) is 0 Å². The first-order valence-corrected chi connectivity index (χ1v) is 13.8. The van der Waals surface area contributed by atoms with Crippen molar-refractivity contribution in [2.45, 2.75) is 93.5 Å². The second-order valence-electron chi connectivity index (χ2n) is 12.4. The van der Waals surface area contributed by atoms with Crippen LogP contribution in [0.5, 0.6) is 11.5 Å². The average Bonchev–Trinajstić information content (AvgIpc) is 3.59. The lowest BCUT2D eigenvalue weighted by Gasteiger charge is -2.68. The lowest BCUT2D eigenvalue weighted by molar-refractivity contribution is -0.211. The highest BCUT2D eigenvalue weighted by Gasteiger charge is 2.77. The molecule has 1 aromatic carbocycles. The van der Waals surface area contributed by atoms with Gasteiger partial charge in [0.2, 0.25) is 0 Å². The number of ether oxygens (including phenoxy) is 2. The summed E-state index contributed by atoms with van der Waals surface area (Å²) in [6.45, 7) is 3.56. The third kappa shape index (κ3) is 2.65. The molecule has 5 fully saturated rings. The molecule has 188 valence electrons. The van der Waals surface area contributed by atoms with E-state index in [-0.39, 0.29) is 29.4 Å². The molecule has 3 heterocycles. The predicted molar refractivity (Wildman–Crippen MR) is 129 cm³/mol. The van der Waals surface area contributed by atoms with E-state index in [1.165, 1.54) is 18.4 Å². The number of nitrogens with zero attached hydrogens (tertiary/aromatic N) is 2. The van der Waals surface area contributed by atoms with Crippen LogP contribution < -0.4 is 4.74 Å². The number of phenols is 1. The van der Waals surface area contributed by atoms with E-state index < -0.39 is 11.0 Å². The van der Waals surface area contributed by atoms with Crippen molar-refractivity contribution in [2.24, 2.45) is 16.5 Å². The third-order valence-electron chi connectivity index (χ3n) is 10.8. The largest absolute Gasteiger partial charge is 0.504 e. The normalized spacial score (nSPS) is 43.1. The summed E-state index contributed by atoms with van der Waals surface area (Å²) in [5.74, 6) is 1.63. The fourth-order valence-electron chi connectivity index (χ4n) is 8.77. The summed E-state index contributed by atoms with van der Waals surface area (Å²) in [5, 5.41) is 28.3. The summed E-state index contributed by atoms with van der Waals surface area (Å²) in [6, 6.07) is 3.99. The van der Waals surface area contributed by atoms with Gasteiger partial charge in [0.05, 0.1) is 35.4 Å². The zero-order valence-corrected chi connectivity index (χ0v) is 20.4. The maximum atomic E-state index is 12.7. The molecule has 7 aliphatic rings. The van der Waals surface area contributed by atoms with E-state index >= 15 is 0 Å². The minimum Gasteiger partial charge on any atom is -0.504 e. The van der Waals surface area contributed by atoms with Gasteiger partial charge >= 0.3 is 0 Å². The number of fused-ring (bicyclic) bond motifs is 1. The lowest BCUT2D eigenvalue weighted by atomic mass is 9.41. The van der Waals surface area contributed by atoms with Gasteiger partial charge in [-0.3, -0.25) is 4.90 Å². The first-order valence-electron chi connectivity index (χ1n) is 13.8. The Kier molecular flexibility index (Phi) is 4.34. The van der Waals surface area contributed by atoms with Gasteiger partial charge in [0, 0.05) is 31.0 Å². The van der Waals surface area contributed by atoms with Gasteiger partial charge in [-0.25, -0.2) is 0 Å². The molecule has 4 aliphatic carbocycles. The third-order valence-corrected chi connectivity index (χ3v) is 10.8. The summed E-state index contributed by atoms with van der Waals surface area (Å²) in [4.78, 5) is 8.65. The number of hydrogen-bond acceptors (Lipinski definition) is 7. The van der Waals surface area contributed by atoms with Gasteiger partial charge in [-0.15, -0.1) is 0 Å². The molecule has 3 aliphatic heterocycles.